The van der Waals surface area contributed by atoms with Gasteiger partial charge in [0, 0.05) is 58.3 Å². The predicted molar refractivity (Wildman–Crippen MR) is 166 cm³/mol. The number of carboxylic acid groups (broad SMARTS) is 1. The number of amides is 6. The normalized spacial score (nSPS) is 18.6. The molecule has 252 valence electrons. The zero-order chi connectivity index (χ0) is 33.5. The van der Waals surface area contributed by atoms with Crippen LogP contribution in [-0.2, 0) is 19.2 Å². The van der Waals surface area contributed by atoms with E-state index < -0.39 is 42.5 Å². The summed E-state index contributed by atoms with van der Waals surface area (Å²) in [5.74, 6) is -2.03. The number of hydrogen-bond donors (Lipinski definition) is 4. The SMILES string of the molecule is CC(=O)NC[C@H](NC(=O)c1cc(OCC(=O)N2CCC[C@H]2C(=O)NC2CCC2)n(-c2ccccc2)n1)C(=O)N1CCN(C(=O)O)CC1. The van der Waals surface area contributed by atoms with E-state index in [0.29, 0.717) is 25.1 Å². The third-order valence-corrected chi connectivity index (χ3v) is 8.60. The first-order chi connectivity index (χ1) is 22.6. The number of likely N-dealkylation sites (tertiary alicyclic amines) is 1. The molecule has 1 aromatic carbocycles. The summed E-state index contributed by atoms with van der Waals surface area (Å²) in [6.45, 7) is 1.63. The average molecular weight is 653 g/mol. The molecule has 16 nitrogen and oxygen atoms in total. The largest absolute Gasteiger partial charge is 0.467 e. The summed E-state index contributed by atoms with van der Waals surface area (Å²) in [5, 5.41) is 21.8. The molecule has 6 amide bonds. The molecule has 3 aliphatic rings. The van der Waals surface area contributed by atoms with Crippen molar-refractivity contribution in [1.29, 1.82) is 0 Å². The van der Waals surface area contributed by atoms with E-state index in [1.165, 1.54) is 32.4 Å². The molecule has 2 atom stereocenters. The highest BCUT2D eigenvalue weighted by Crippen LogP contribution is 2.23. The van der Waals surface area contributed by atoms with Crippen molar-refractivity contribution in [3.8, 4) is 11.6 Å². The van der Waals surface area contributed by atoms with Gasteiger partial charge < -0.3 is 40.5 Å². The lowest BCUT2D eigenvalue weighted by Crippen LogP contribution is -2.58. The number of nitrogens with zero attached hydrogens (tertiary/aromatic N) is 5. The van der Waals surface area contributed by atoms with E-state index in [1.54, 1.807) is 30.3 Å². The molecule has 2 aromatic rings. The van der Waals surface area contributed by atoms with Crippen molar-refractivity contribution in [1.82, 2.24) is 40.4 Å². The lowest BCUT2D eigenvalue weighted by atomic mass is 9.93. The van der Waals surface area contributed by atoms with Crippen LogP contribution in [0.15, 0.2) is 36.4 Å². The Bertz CT molecular complexity index is 1490. The zero-order valence-electron chi connectivity index (χ0n) is 26.2. The fraction of sp³-hybridized carbons (Fsp3) is 0.516. The van der Waals surface area contributed by atoms with Crippen LogP contribution in [0.4, 0.5) is 4.79 Å². The first-order valence-corrected chi connectivity index (χ1v) is 15.8. The minimum Gasteiger partial charge on any atom is -0.467 e. The third-order valence-electron chi connectivity index (χ3n) is 8.60. The van der Waals surface area contributed by atoms with E-state index >= 15 is 0 Å². The van der Waals surface area contributed by atoms with E-state index in [-0.39, 0.29) is 62.2 Å². The second kappa shape index (κ2) is 15.0. The maximum Gasteiger partial charge on any atom is 0.407 e. The van der Waals surface area contributed by atoms with Crippen molar-refractivity contribution in [2.45, 2.75) is 57.2 Å². The van der Waals surface area contributed by atoms with Gasteiger partial charge in [-0.15, -0.1) is 0 Å². The molecule has 0 radical (unpaired) electrons. The Morgan fingerprint density at radius 2 is 1.66 bits per heavy atom. The molecule has 2 saturated heterocycles. The molecular formula is C31H40N8O8. The van der Waals surface area contributed by atoms with Gasteiger partial charge in [0.2, 0.25) is 23.6 Å². The Balaban J connectivity index is 1.29. The number of carbonyl (C=O) groups excluding carboxylic acids is 5. The van der Waals surface area contributed by atoms with Gasteiger partial charge in [-0.1, -0.05) is 18.2 Å². The topological polar surface area (TPSA) is 196 Å². The molecule has 1 aliphatic carbocycles. The smallest absolute Gasteiger partial charge is 0.407 e. The number of carbonyl (C=O) groups is 6. The average Bonchev–Trinajstić information content (AvgIpc) is 3.72. The van der Waals surface area contributed by atoms with Crippen LogP contribution >= 0.6 is 0 Å². The molecule has 16 heteroatoms. The highest BCUT2D eigenvalue weighted by atomic mass is 16.5. The van der Waals surface area contributed by atoms with Gasteiger partial charge in [0.15, 0.2) is 12.3 Å². The van der Waals surface area contributed by atoms with E-state index in [1.807, 2.05) is 0 Å². The molecule has 2 aliphatic heterocycles. The monoisotopic (exact) mass is 652 g/mol. The van der Waals surface area contributed by atoms with Gasteiger partial charge in [-0.25, -0.2) is 9.48 Å². The van der Waals surface area contributed by atoms with Crippen LogP contribution in [0, 0.1) is 0 Å². The van der Waals surface area contributed by atoms with Gasteiger partial charge >= 0.3 is 6.09 Å². The summed E-state index contributed by atoms with van der Waals surface area (Å²) >= 11 is 0. The van der Waals surface area contributed by atoms with Gasteiger partial charge in [-0.05, 0) is 44.2 Å². The highest BCUT2D eigenvalue weighted by Gasteiger charge is 2.36. The number of ether oxygens (including phenoxy) is 1. The third kappa shape index (κ3) is 8.17. The van der Waals surface area contributed by atoms with Gasteiger partial charge in [0.1, 0.15) is 12.1 Å². The number of hydrogen-bond acceptors (Lipinski definition) is 8. The van der Waals surface area contributed by atoms with Crippen LogP contribution in [0.3, 0.4) is 0 Å². The van der Waals surface area contributed by atoms with Crippen molar-refractivity contribution in [2.24, 2.45) is 0 Å². The Hall–Kier alpha value is -5.15. The number of nitrogens with one attached hydrogen (secondary N) is 3. The van der Waals surface area contributed by atoms with Gasteiger partial charge in [0.25, 0.3) is 11.8 Å². The summed E-state index contributed by atoms with van der Waals surface area (Å²) in [6.07, 6.45) is 3.17. The van der Waals surface area contributed by atoms with Crippen molar-refractivity contribution in [2.75, 3.05) is 45.9 Å². The Labute approximate surface area is 271 Å². The number of piperazine rings is 1. The van der Waals surface area contributed by atoms with E-state index in [4.69, 9.17) is 4.74 Å². The lowest BCUT2D eigenvalue weighted by molar-refractivity contribution is -0.140. The van der Waals surface area contributed by atoms with Crippen LogP contribution in [0.2, 0.25) is 0 Å². The molecule has 47 heavy (non-hydrogen) atoms. The fourth-order valence-electron chi connectivity index (χ4n) is 5.75. The van der Waals surface area contributed by atoms with Gasteiger partial charge in [0.05, 0.1) is 5.69 Å². The predicted octanol–water partition coefficient (Wildman–Crippen LogP) is -0.0325. The Morgan fingerprint density at radius 3 is 2.30 bits per heavy atom. The van der Waals surface area contributed by atoms with Gasteiger partial charge in [-0.3, -0.25) is 24.0 Å². The number of aromatic nitrogens is 2. The summed E-state index contributed by atoms with van der Waals surface area (Å²) in [7, 11) is 0. The number of benzene rings is 1. The number of rotatable bonds is 11. The van der Waals surface area contributed by atoms with Crippen LogP contribution in [0.25, 0.3) is 5.69 Å². The first kappa shape index (κ1) is 33.2. The second-order valence-electron chi connectivity index (χ2n) is 11.8. The van der Waals surface area contributed by atoms with Crippen LogP contribution in [0.5, 0.6) is 5.88 Å². The van der Waals surface area contributed by atoms with Crippen LogP contribution in [0.1, 0.15) is 49.5 Å². The summed E-state index contributed by atoms with van der Waals surface area (Å²) in [5.41, 5.74) is 0.446. The lowest BCUT2D eigenvalue weighted by Gasteiger charge is -2.35. The van der Waals surface area contributed by atoms with Gasteiger partial charge in [-0.2, -0.15) is 5.10 Å². The quantitative estimate of drug-likeness (QED) is 0.258. The van der Waals surface area contributed by atoms with E-state index in [9.17, 15) is 33.9 Å². The molecule has 0 bridgehead atoms. The maximum absolute atomic E-state index is 13.5. The zero-order valence-corrected chi connectivity index (χ0v) is 26.2. The molecule has 3 heterocycles. The number of para-hydroxylation sites is 1. The first-order valence-electron chi connectivity index (χ1n) is 15.8. The fourth-order valence-corrected chi connectivity index (χ4v) is 5.75. The molecule has 1 saturated carbocycles. The van der Waals surface area contributed by atoms with Crippen molar-refractivity contribution < 1.29 is 38.6 Å². The molecule has 1 aromatic heterocycles. The van der Waals surface area contributed by atoms with Crippen LogP contribution in [-0.4, -0.2) is 129 Å². The van der Waals surface area contributed by atoms with Crippen molar-refractivity contribution in [3.63, 3.8) is 0 Å². The van der Waals surface area contributed by atoms with Crippen molar-refractivity contribution >= 4 is 35.6 Å². The standard InChI is InChI=1S/C31H40N8O8/c1-20(40)32-18-24(30(44)36-13-15-37(16-14-36)31(45)46)34-28(42)23-17-27(39(35-23)22-9-3-2-4-10-22)47-19-26(41)38-12-6-11-25(38)29(43)33-21-7-5-8-21/h2-4,9-10,17,21,24-25H,5-8,11-16,18-19H2,1H3,(H,32,40)(H,33,43)(H,34,42)(H,45,46)/t24-,25-/m0/s1. The summed E-state index contributed by atoms with van der Waals surface area (Å²) < 4.78 is 7.27. The molecular weight excluding hydrogens is 612 g/mol. The summed E-state index contributed by atoms with van der Waals surface area (Å²) in [6, 6.07) is 8.63. The molecule has 0 unspecified atom stereocenters. The molecule has 0 spiro atoms. The van der Waals surface area contributed by atoms with E-state index in [2.05, 4.69) is 21.0 Å². The molecule has 3 fully saturated rings. The van der Waals surface area contributed by atoms with Crippen molar-refractivity contribution in [3.05, 3.63) is 42.1 Å². The minimum atomic E-state index is -1.16. The second-order valence-corrected chi connectivity index (χ2v) is 11.8. The molecule has 4 N–H and O–H groups in total. The molecule has 5 rings (SSSR count). The van der Waals surface area contributed by atoms with Crippen LogP contribution < -0.4 is 20.7 Å². The Kier molecular flexibility index (Phi) is 10.6. The highest BCUT2D eigenvalue weighted by molar-refractivity contribution is 5.97. The maximum atomic E-state index is 13.5. The van der Waals surface area contributed by atoms with E-state index in [0.717, 1.165) is 19.3 Å². The minimum absolute atomic E-state index is 0.0962. The summed E-state index contributed by atoms with van der Waals surface area (Å²) in [4.78, 5) is 80.0. The Morgan fingerprint density at radius 1 is 0.957 bits per heavy atom.